The summed E-state index contributed by atoms with van der Waals surface area (Å²) in [6, 6.07) is 5.54. The Morgan fingerprint density at radius 1 is 1.30 bits per heavy atom. The molecule has 2 atom stereocenters. The Labute approximate surface area is 118 Å². The molecular formula is C16H18O4. The molecule has 3 rings (SSSR count). The first-order chi connectivity index (χ1) is 9.41. The lowest BCUT2D eigenvalue weighted by Gasteiger charge is -2.16. The van der Waals surface area contributed by atoms with Gasteiger partial charge in [-0.15, -0.1) is 0 Å². The van der Waals surface area contributed by atoms with Crippen LogP contribution in [0, 0.1) is 11.8 Å². The fraction of sp³-hybridized carbons (Fsp3) is 0.500. The number of esters is 1. The molecular weight excluding hydrogens is 256 g/mol. The van der Waals surface area contributed by atoms with Gasteiger partial charge in [-0.25, -0.2) is 0 Å². The molecule has 1 aliphatic carbocycles. The standard InChI is InChI=1S/C16H18O4/c1-16(2)8-10-6-9(4-5-13(10)20-16)14(17)11-7-12(11)15(18)19-3/h4-6,11-12H,7-8H2,1-3H3/t11-,12-/m0/s1. The number of methoxy groups -OCH3 is 1. The van der Waals surface area contributed by atoms with Crippen LogP contribution in [0.2, 0.25) is 0 Å². The van der Waals surface area contributed by atoms with Gasteiger partial charge in [0.1, 0.15) is 11.4 Å². The van der Waals surface area contributed by atoms with Crippen LogP contribution in [0.25, 0.3) is 0 Å². The van der Waals surface area contributed by atoms with Crippen molar-refractivity contribution in [3.8, 4) is 5.75 Å². The van der Waals surface area contributed by atoms with Crippen LogP contribution < -0.4 is 4.74 Å². The normalized spacial score (nSPS) is 25.6. The van der Waals surface area contributed by atoms with E-state index in [1.807, 2.05) is 26.0 Å². The number of ether oxygens (including phenoxy) is 2. The number of benzene rings is 1. The SMILES string of the molecule is COC(=O)[C@H]1C[C@@H]1C(=O)c1ccc2c(c1)CC(C)(C)O2. The van der Waals surface area contributed by atoms with E-state index in [4.69, 9.17) is 4.74 Å². The van der Waals surface area contributed by atoms with E-state index in [0.717, 1.165) is 17.7 Å². The Morgan fingerprint density at radius 2 is 2.05 bits per heavy atom. The Hall–Kier alpha value is -1.84. The van der Waals surface area contributed by atoms with Crippen molar-refractivity contribution in [1.29, 1.82) is 0 Å². The van der Waals surface area contributed by atoms with E-state index in [9.17, 15) is 9.59 Å². The molecule has 4 nitrogen and oxygen atoms in total. The van der Waals surface area contributed by atoms with Crippen molar-refractivity contribution < 1.29 is 19.1 Å². The number of fused-ring (bicyclic) bond motifs is 1. The van der Waals surface area contributed by atoms with Crippen LogP contribution in [0.15, 0.2) is 18.2 Å². The predicted molar refractivity (Wildman–Crippen MR) is 72.8 cm³/mol. The molecule has 1 aromatic carbocycles. The Bertz CT molecular complexity index is 588. The number of carbonyl (C=O) groups excluding carboxylic acids is 2. The number of rotatable bonds is 3. The third kappa shape index (κ3) is 2.19. The molecule has 0 spiro atoms. The van der Waals surface area contributed by atoms with Gasteiger partial charge in [0.15, 0.2) is 5.78 Å². The van der Waals surface area contributed by atoms with E-state index in [2.05, 4.69) is 4.74 Å². The molecule has 2 aliphatic rings. The van der Waals surface area contributed by atoms with E-state index < -0.39 is 0 Å². The fourth-order valence-electron chi connectivity index (χ4n) is 2.87. The quantitative estimate of drug-likeness (QED) is 0.627. The number of hydrogen-bond acceptors (Lipinski definition) is 4. The molecule has 0 saturated heterocycles. The summed E-state index contributed by atoms with van der Waals surface area (Å²) in [7, 11) is 1.36. The maximum absolute atomic E-state index is 12.4. The summed E-state index contributed by atoms with van der Waals surface area (Å²) in [4.78, 5) is 23.7. The molecule has 0 unspecified atom stereocenters. The second-order valence-electron chi connectivity index (χ2n) is 6.20. The van der Waals surface area contributed by atoms with Crippen molar-refractivity contribution in [3.63, 3.8) is 0 Å². The lowest BCUT2D eigenvalue weighted by molar-refractivity contribution is -0.142. The lowest BCUT2D eigenvalue weighted by atomic mass is 9.98. The first-order valence-corrected chi connectivity index (χ1v) is 6.85. The summed E-state index contributed by atoms with van der Waals surface area (Å²) in [5.41, 5.74) is 1.52. The molecule has 0 bridgehead atoms. The molecule has 20 heavy (non-hydrogen) atoms. The van der Waals surface area contributed by atoms with E-state index in [0.29, 0.717) is 12.0 Å². The summed E-state index contributed by atoms with van der Waals surface area (Å²) in [6.45, 7) is 4.06. The summed E-state index contributed by atoms with van der Waals surface area (Å²) in [6.07, 6.45) is 1.40. The van der Waals surface area contributed by atoms with Gasteiger partial charge in [0.25, 0.3) is 0 Å². The summed E-state index contributed by atoms with van der Waals surface area (Å²) in [5, 5.41) is 0. The molecule has 1 aromatic rings. The second-order valence-corrected chi connectivity index (χ2v) is 6.20. The topological polar surface area (TPSA) is 52.6 Å². The molecule has 0 amide bonds. The Morgan fingerprint density at radius 3 is 2.75 bits per heavy atom. The zero-order valence-electron chi connectivity index (χ0n) is 11.9. The Balaban J connectivity index is 1.77. The van der Waals surface area contributed by atoms with Crippen LogP contribution in [0.5, 0.6) is 5.75 Å². The summed E-state index contributed by atoms with van der Waals surface area (Å²) < 4.78 is 10.5. The van der Waals surface area contributed by atoms with Crippen molar-refractivity contribution >= 4 is 11.8 Å². The molecule has 1 aliphatic heterocycles. The predicted octanol–water partition coefficient (Wildman–Crippen LogP) is 2.39. The number of carbonyl (C=O) groups is 2. The van der Waals surface area contributed by atoms with Crippen molar-refractivity contribution in [1.82, 2.24) is 0 Å². The highest BCUT2D eigenvalue weighted by Gasteiger charge is 2.49. The van der Waals surface area contributed by atoms with Gasteiger partial charge in [-0.2, -0.15) is 0 Å². The third-order valence-electron chi connectivity index (χ3n) is 3.98. The summed E-state index contributed by atoms with van der Waals surface area (Å²) in [5.74, 6) is 0.137. The average Bonchev–Trinajstić information content (AvgIpc) is 3.12. The smallest absolute Gasteiger partial charge is 0.309 e. The molecule has 0 N–H and O–H groups in total. The highest BCUT2D eigenvalue weighted by molar-refractivity contribution is 6.03. The maximum Gasteiger partial charge on any atom is 0.309 e. The zero-order valence-corrected chi connectivity index (χ0v) is 11.9. The van der Waals surface area contributed by atoms with Crippen LogP contribution in [0.1, 0.15) is 36.2 Å². The second kappa shape index (κ2) is 4.33. The molecule has 1 saturated carbocycles. The van der Waals surface area contributed by atoms with Gasteiger partial charge in [-0.3, -0.25) is 9.59 Å². The van der Waals surface area contributed by atoms with E-state index >= 15 is 0 Å². The number of hydrogen-bond donors (Lipinski definition) is 0. The molecule has 1 fully saturated rings. The van der Waals surface area contributed by atoms with Gasteiger partial charge < -0.3 is 9.47 Å². The van der Waals surface area contributed by atoms with E-state index in [1.54, 1.807) is 6.07 Å². The number of ketones is 1. The van der Waals surface area contributed by atoms with E-state index in [-0.39, 0.29) is 29.2 Å². The monoisotopic (exact) mass is 274 g/mol. The van der Waals surface area contributed by atoms with Crippen molar-refractivity contribution in [2.24, 2.45) is 11.8 Å². The van der Waals surface area contributed by atoms with Gasteiger partial charge in [-0.05, 0) is 44.0 Å². The van der Waals surface area contributed by atoms with Crippen LogP contribution in [-0.2, 0) is 16.0 Å². The first-order valence-electron chi connectivity index (χ1n) is 6.85. The first kappa shape index (κ1) is 13.2. The van der Waals surface area contributed by atoms with Crippen molar-refractivity contribution in [3.05, 3.63) is 29.3 Å². The van der Waals surface area contributed by atoms with Crippen LogP contribution in [0.4, 0.5) is 0 Å². The molecule has 1 heterocycles. The van der Waals surface area contributed by atoms with Crippen molar-refractivity contribution in [2.75, 3.05) is 7.11 Å². The Kier molecular flexibility index (Phi) is 2.85. The van der Waals surface area contributed by atoms with Crippen LogP contribution in [0.3, 0.4) is 0 Å². The molecule has 0 aromatic heterocycles. The number of Topliss-reactive ketones (excluding diaryl/α,β-unsaturated/α-hetero) is 1. The lowest BCUT2D eigenvalue weighted by Crippen LogP contribution is -2.24. The minimum atomic E-state index is -0.283. The minimum Gasteiger partial charge on any atom is -0.487 e. The van der Waals surface area contributed by atoms with Crippen LogP contribution >= 0.6 is 0 Å². The average molecular weight is 274 g/mol. The third-order valence-corrected chi connectivity index (χ3v) is 3.98. The van der Waals surface area contributed by atoms with Gasteiger partial charge in [0.05, 0.1) is 13.0 Å². The minimum absolute atomic E-state index is 0.0351. The fourth-order valence-corrected chi connectivity index (χ4v) is 2.87. The van der Waals surface area contributed by atoms with Gasteiger partial charge in [-0.1, -0.05) is 0 Å². The van der Waals surface area contributed by atoms with Crippen LogP contribution in [-0.4, -0.2) is 24.5 Å². The largest absolute Gasteiger partial charge is 0.487 e. The molecule has 0 radical (unpaired) electrons. The highest BCUT2D eigenvalue weighted by atomic mass is 16.5. The molecule has 4 heteroatoms. The zero-order chi connectivity index (χ0) is 14.5. The highest BCUT2D eigenvalue weighted by Crippen LogP contribution is 2.43. The van der Waals surface area contributed by atoms with Crippen molar-refractivity contribution in [2.45, 2.75) is 32.3 Å². The van der Waals surface area contributed by atoms with Gasteiger partial charge in [0, 0.05) is 17.9 Å². The summed E-state index contributed by atoms with van der Waals surface area (Å²) >= 11 is 0. The molecule has 106 valence electrons. The van der Waals surface area contributed by atoms with Gasteiger partial charge in [0.2, 0.25) is 0 Å². The maximum atomic E-state index is 12.4. The van der Waals surface area contributed by atoms with Gasteiger partial charge >= 0.3 is 5.97 Å². The van der Waals surface area contributed by atoms with E-state index in [1.165, 1.54) is 7.11 Å².